The standard InChI is InChI=1S/C17H26ClN3O2S/c1-3-19-16(21-11-17(22)8-9-24-12-17)20-10-13(2)23-15-6-4-14(18)5-7-15/h4-7,13,22H,3,8-12H2,1-2H3,(H2,19,20,21). The molecule has 0 aliphatic carbocycles. The zero-order valence-electron chi connectivity index (χ0n) is 14.2. The summed E-state index contributed by atoms with van der Waals surface area (Å²) < 4.78 is 5.84. The maximum absolute atomic E-state index is 10.4. The molecule has 0 bridgehead atoms. The van der Waals surface area contributed by atoms with Crippen molar-refractivity contribution in [1.29, 1.82) is 0 Å². The van der Waals surface area contributed by atoms with Gasteiger partial charge in [-0.1, -0.05) is 11.6 Å². The van der Waals surface area contributed by atoms with Gasteiger partial charge in [0.1, 0.15) is 11.9 Å². The zero-order chi connectivity index (χ0) is 17.4. The smallest absolute Gasteiger partial charge is 0.191 e. The van der Waals surface area contributed by atoms with Crippen molar-refractivity contribution < 1.29 is 9.84 Å². The van der Waals surface area contributed by atoms with Crippen molar-refractivity contribution in [2.24, 2.45) is 4.99 Å². The van der Waals surface area contributed by atoms with Gasteiger partial charge >= 0.3 is 0 Å². The Labute approximate surface area is 153 Å². The lowest BCUT2D eigenvalue weighted by molar-refractivity contribution is 0.0778. The fraction of sp³-hybridized carbons (Fsp3) is 0.588. The van der Waals surface area contributed by atoms with Gasteiger partial charge in [-0.25, -0.2) is 0 Å². The molecule has 0 radical (unpaired) electrons. The predicted molar refractivity (Wildman–Crippen MR) is 102 cm³/mol. The van der Waals surface area contributed by atoms with Gasteiger partial charge in [0.05, 0.1) is 18.7 Å². The van der Waals surface area contributed by atoms with Crippen molar-refractivity contribution >= 4 is 29.3 Å². The lowest BCUT2D eigenvalue weighted by Gasteiger charge is -2.21. The fourth-order valence-corrected chi connectivity index (χ4v) is 3.73. The summed E-state index contributed by atoms with van der Waals surface area (Å²) in [6.07, 6.45) is 0.775. The number of thioether (sulfide) groups is 1. The molecule has 24 heavy (non-hydrogen) atoms. The van der Waals surface area contributed by atoms with E-state index in [0.29, 0.717) is 24.1 Å². The zero-order valence-corrected chi connectivity index (χ0v) is 15.8. The molecule has 0 amide bonds. The van der Waals surface area contributed by atoms with Crippen LogP contribution < -0.4 is 15.4 Å². The van der Waals surface area contributed by atoms with Crippen LogP contribution in [0, 0.1) is 0 Å². The van der Waals surface area contributed by atoms with Gasteiger partial charge in [-0.15, -0.1) is 0 Å². The lowest BCUT2D eigenvalue weighted by Crippen LogP contribution is -2.43. The summed E-state index contributed by atoms with van der Waals surface area (Å²) >= 11 is 7.65. The summed E-state index contributed by atoms with van der Waals surface area (Å²) in [4.78, 5) is 4.52. The highest BCUT2D eigenvalue weighted by Gasteiger charge is 2.31. The van der Waals surface area contributed by atoms with Gasteiger partial charge in [0.2, 0.25) is 0 Å². The highest BCUT2D eigenvalue weighted by atomic mass is 35.5. The number of nitrogens with one attached hydrogen (secondary N) is 2. The molecule has 1 aromatic carbocycles. The summed E-state index contributed by atoms with van der Waals surface area (Å²) in [5, 5.41) is 17.5. The number of aliphatic hydroxyl groups is 1. The summed E-state index contributed by atoms with van der Waals surface area (Å²) in [7, 11) is 0. The van der Waals surface area contributed by atoms with Crippen LogP contribution in [0.15, 0.2) is 29.3 Å². The minimum absolute atomic E-state index is 0.0276. The fourth-order valence-electron chi connectivity index (χ4n) is 2.32. The minimum atomic E-state index is -0.668. The van der Waals surface area contributed by atoms with Gasteiger partial charge < -0.3 is 20.5 Å². The summed E-state index contributed by atoms with van der Waals surface area (Å²) in [5.41, 5.74) is -0.668. The highest BCUT2D eigenvalue weighted by molar-refractivity contribution is 7.99. The molecule has 1 aliphatic rings. The molecule has 0 aromatic heterocycles. The first kappa shape index (κ1) is 19.2. The van der Waals surface area contributed by atoms with E-state index in [-0.39, 0.29) is 6.10 Å². The molecule has 1 saturated heterocycles. The second-order valence-corrected chi connectivity index (χ2v) is 7.53. The van der Waals surface area contributed by atoms with Crippen LogP contribution in [-0.2, 0) is 0 Å². The Balaban J connectivity index is 1.82. The van der Waals surface area contributed by atoms with Gasteiger partial charge in [0, 0.05) is 17.3 Å². The maximum Gasteiger partial charge on any atom is 0.191 e. The van der Waals surface area contributed by atoms with E-state index < -0.39 is 5.60 Å². The van der Waals surface area contributed by atoms with Crippen molar-refractivity contribution in [3.8, 4) is 5.75 Å². The van der Waals surface area contributed by atoms with Gasteiger partial charge in [-0.05, 0) is 50.3 Å². The second-order valence-electron chi connectivity index (χ2n) is 5.99. The average Bonchev–Trinajstić information content (AvgIpc) is 2.99. The number of guanidine groups is 1. The third kappa shape index (κ3) is 6.42. The van der Waals surface area contributed by atoms with Gasteiger partial charge in [-0.2, -0.15) is 11.8 Å². The molecule has 134 valence electrons. The van der Waals surface area contributed by atoms with Crippen molar-refractivity contribution in [1.82, 2.24) is 10.6 Å². The van der Waals surface area contributed by atoms with Crippen molar-refractivity contribution in [2.45, 2.75) is 32.0 Å². The first-order valence-corrected chi connectivity index (χ1v) is 9.78. The third-order valence-corrected chi connectivity index (χ3v) is 5.15. The first-order chi connectivity index (χ1) is 11.5. The van der Waals surface area contributed by atoms with Gasteiger partial charge in [-0.3, -0.25) is 4.99 Å². The van der Waals surface area contributed by atoms with Crippen molar-refractivity contribution in [3.63, 3.8) is 0 Å². The van der Waals surface area contributed by atoms with Crippen molar-refractivity contribution in [2.75, 3.05) is 31.1 Å². The van der Waals surface area contributed by atoms with E-state index in [1.165, 1.54) is 0 Å². The van der Waals surface area contributed by atoms with E-state index in [4.69, 9.17) is 16.3 Å². The van der Waals surface area contributed by atoms with Gasteiger partial charge in [0.15, 0.2) is 5.96 Å². The maximum atomic E-state index is 10.4. The van der Waals surface area contributed by atoms with Crippen molar-refractivity contribution in [3.05, 3.63) is 29.3 Å². The molecule has 0 saturated carbocycles. The SMILES string of the molecule is CCNC(=NCC1(O)CCSC1)NCC(C)Oc1ccc(Cl)cc1. The number of ether oxygens (including phenoxy) is 1. The van der Waals surface area contributed by atoms with E-state index in [1.54, 1.807) is 11.8 Å². The number of hydrogen-bond acceptors (Lipinski definition) is 4. The molecule has 3 N–H and O–H groups in total. The second kappa shape index (κ2) is 9.39. The molecule has 5 nitrogen and oxygen atoms in total. The van der Waals surface area contributed by atoms with E-state index in [2.05, 4.69) is 15.6 Å². The Morgan fingerprint density at radius 1 is 1.42 bits per heavy atom. The molecule has 1 heterocycles. The Kier molecular flexibility index (Phi) is 7.52. The summed E-state index contributed by atoms with van der Waals surface area (Å²) in [5.74, 6) is 3.25. The number of hydrogen-bond donors (Lipinski definition) is 3. The monoisotopic (exact) mass is 371 g/mol. The van der Waals surface area contributed by atoms with E-state index in [1.807, 2.05) is 38.1 Å². The molecule has 1 aliphatic heterocycles. The van der Waals surface area contributed by atoms with E-state index in [0.717, 1.165) is 30.2 Å². The Morgan fingerprint density at radius 2 is 2.17 bits per heavy atom. The van der Waals surface area contributed by atoms with Crippen LogP contribution >= 0.6 is 23.4 Å². The van der Waals surface area contributed by atoms with Crippen LogP contribution in [-0.4, -0.2) is 53.9 Å². The largest absolute Gasteiger partial charge is 0.489 e. The lowest BCUT2D eigenvalue weighted by atomic mass is 10.1. The molecular formula is C17H26ClN3O2S. The molecule has 0 spiro atoms. The van der Waals surface area contributed by atoms with Crippen LogP contribution in [0.5, 0.6) is 5.75 Å². The number of benzene rings is 1. The molecule has 2 atom stereocenters. The third-order valence-electron chi connectivity index (χ3n) is 3.67. The van der Waals surface area contributed by atoms with Crippen LogP contribution in [0.3, 0.4) is 0 Å². The van der Waals surface area contributed by atoms with Gasteiger partial charge in [0.25, 0.3) is 0 Å². The molecule has 1 fully saturated rings. The molecule has 2 unspecified atom stereocenters. The summed E-state index contributed by atoms with van der Waals surface area (Å²) in [6, 6.07) is 7.32. The Bertz CT molecular complexity index is 533. The van der Waals surface area contributed by atoms with Crippen LogP contribution in [0.1, 0.15) is 20.3 Å². The van der Waals surface area contributed by atoms with E-state index >= 15 is 0 Å². The molecule has 1 aromatic rings. The normalized spacial score (nSPS) is 22.2. The highest BCUT2D eigenvalue weighted by Crippen LogP contribution is 2.27. The quantitative estimate of drug-likeness (QED) is 0.507. The summed E-state index contributed by atoms with van der Waals surface area (Å²) in [6.45, 7) is 5.81. The number of halogens is 1. The van der Waals surface area contributed by atoms with Crippen LogP contribution in [0.2, 0.25) is 5.02 Å². The first-order valence-electron chi connectivity index (χ1n) is 8.25. The number of aliphatic imine (C=N–C) groups is 1. The van der Waals surface area contributed by atoms with E-state index in [9.17, 15) is 5.11 Å². The molecular weight excluding hydrogens is 346 g/mol. The van der Waals surface area contributed by atoms with Crippen LogP contribution in [0.25, 0.3) is 0 Å². The molecule has 2 rings (SSSR count). The molecule has 7 heteroatoms. The van der Waals surface area contributed by atoms with Crippen LogP contribution in [0.4, 0.5) is 0 Å². The minimum Gasteiger partial charge on any atom is -0.489 e. The average molecular weight is 372 g/mol. The number of nitrogens with zero attached hydrogens (tertiary/aromatic N) is 1. The predicted octanol–water partition coefficient (Wildman–Crippen LogP) is 2.53. The Hall–Kier alpha value is -1.11. The Morgan fingerprint density at radius 3 is 2.79 bits per heavy atom. The number of rotatable bonds is 7. The topological polar surface area (TPSA) is 65.9 Å².